The lowest BCUT2D eigenvalue weighted by atomic mass is 9.93. The fourth-order valence-electron chi connectivity index (χ4n) is 5.14. The highest BCUT2D eigenvalue weighted by atomic mass is 19.1. The minimum absolute atomic E-state index is 0.201. The number of anilines is 1. The maximum Gasteiger partial charge on any atom is 0.224 e. The second-order valence-corrected chi connectivity index (χ2v) is 9.54. The smallest absolute Gasteiger partial charge is 0.224 e. The van der Waals surface area contributed by atoms with E-state index >= 15 is 0 Å². The number of aromatic nitrogens is 3. The second-order valence-electron chi connectivity index (χ2n) is 9.54. The number of fused-ring (bicyclic) bond motifs is 1. The molecule has 34 heavy (non-hydrogen) atoms. The summed E-state index contributed by atoms with van der Waals surface area (Å²) >= 11 is 0. The van der Waals surface area contributed by atoms with Crippen molar-refractivity contribution in [3.05, 3.63) is 42.2 Å². The molecule has 0 bridgehead atoms. The van der Waals surface area contributed by atoms with E-state index < -0.39 is 0 Å². The van der Waals surface area contributed by atoms with E-state index in [9.17, 15) is 9.50 Å². The molecule has 1 aliphatic carbocycles. The molecule has 3 N–H and O–H groups in total. The Hall–Kier alpha value is -2.55. The summed E-state index contributed by atoms with van der Waals surface area (Å²) in [5.41, 5.74) is 4.51. The van der Waals surface area contributed by atoms with Gasteiger partial charge in [0.1, 0.15) is 5.65 Å². The van der Waals surface area contributed by atoms with Crippen LogP contribution in [-0.2, 0) is 6.54 Å². The summed E-state index contributed by atoms with van der Waals surface area (Å²) in [7, 11) is 0. The van der Waals surface area contributed by atoms with Crippen LogP contribution in [0.15, 0.2) is 36.7 Å². The normalized spacial score (nSPS) is 21.7. The predicted molar refractivity (Wildman–Crippen MR) is 134 cm³/mol. The number of hydrogen-bond donors (Lipinski definition) is 3. The summed E-state index contributed by atoms with van der Waals surface area (Å²) in [6.45, 7) is 5.42. The Bertz CT molecular complexity index is 1070. The molecule has 1 saturated heterocycles. The van der Waals surface area contributed by atoms with Gasteiger partial charge in [-0.25, -0.2) is 4.98 Å². The topological polar surface area (TPSA) is 78.2 Å². The van der Waals surface area contributed by atoms with Crippen LogP contribution >= 0.6 is 0 Å². The molecule has 2 fully saturated rings. The Kier molecular flexibility index (Phi) is 7.37. The van der Waals surface area contributed by atoms with E-state index in [0.29, 0.717) is 25.0 Å². The van der Waals surface area contributed by atoms with Gasteiger partial charge in [-0.15, -0.1) is 0 Å². The lowest BCUT2D eigenvalue weighted by molar-refractivity contribution is 0.111. The number of piperazine rings is 1. The first-order valence-corrected chi connectivity index (χ1v) is 12.6. The van der Waals surface area contributed by atoms with Gasteiger partial charge in [-0.2, -0.15) is 4.98 Å². The summed E-state index contributed by atoms with van der Waals surface area (Å²) in [6.07, 6.45) is 7.82. The summed E-state index contributed by atoms with van der Waals surface area (Å²) in [6, 6.07) is 9.17. The fourth-order valence-corrected chi connectivity index (χ4v) is 5.14. The first-order valence-electron chi connectivity index (χ1n) is 12.6. The minimum Gasteiger partial charge on any atom is -0.393 e. The molecule has 2 aliphatic rings. The third-order valence-electron chi connectivity index (χ3n) is 7.11. The van der Waals surface area contributed by atoms with E-state index in [1.165, 1.54) is 5.56 Å². The number of nitrogens with zero attached hydrogens (tertiary/aromatic N) is 4. The van der Waals surface area contributed by atoms with Crippen molar-refractivity contribution < 1.29 is 9.50 Å². The van der Waals surface area contributed by atoms with E-state index in [1.807, 2.05) is 6.20 Å². The molecule has 0 spiro atoms. The average Bonchev–Trinajstić information content (AvgIpc) is 3.25. The largest absolute Gasteiger partial charge is 0.393 e. The van der Waals surface area contributed by atoms with Gasteiger partial charge in [0, 0.05) is 68.7 Å². The Morgan fingerprint density at radius 2 is 1.85 bits per heavy atom. The number of nitrogens with one attached hydrogen (secondary N) is 2. The summed E-state index contributed by atoms with van der Waals surface area (Å²) in [5.74, 6) is 0.536. The van der Waals surface area contributed by atoms with E-state index in [1.54, 1.807) is 0 Å². The van der Waals surface area contributed by atoms with Crippen molar-refractivity contribution in [1.29, 1.82) is 0 Å². The van der Waals surface area contributed by atoms with Crippen LogP contribution < -0.4 is 10.6 Å². The van der Waals surface area contributed by atoms with Gasteiger partial charge in [-0.3, -0.25) is 9.29 Å². The lowest BCUT2D eigenvalue weighted by Gasteiger charge is -2.27. The van der Waals surface area contributed by atoms with Crippen LogP contribution in [0, 0.1) is 0 Å². The van der Waals surface area contributed by atoms with Gasteiger partial charge >= 0.3 is 0 Å². The number of halogens is 1. The van der Waals surface area contributed by atoms with Crippen LogP contribution in [0.2, 0.25) is 0 Å². The highest BCUT2D eigenvalue weighted by molar-refractivity contribution is 5.94. The molecule has 5 rings (SSSR count). The molecule has 1 aromatic carbocycles. The number of hydrogen-bond acceptors (Lipinski definition) is 6. The van der Waals surface area contributed by atoms with E-state index in [-0.39, 0.29) is 12.8 Å². The number of aliphatic hydroxyl groups is 1. The Labute approximate surface area is 200 Å². The number of rotatable bonds is 8. The maximum atomic E-state index is 12.5. The van der Waals surface area contributed by atoms with Crippen molar-refractivity contribution in [1.82, 2.24) is 24.8 Å². The van der Waals surface area contributed by atoms with Gasteiger partial charge in [0.25, 0.3) is 0 Å². The molecular weight excluding hydrogens is 431 g/mol. The fraction of sp³-hybridized carbons (Fsp3) is 0.538. The van der Waals surface area contributed by atoms with Crippen molar-refractivity contribution in [2.24, 2.45) is 0 Å². The highest BCUT2D eigenvalue weighted by Crippen LogP contribution is 2.36. The summed E-state index contributed by atoms with van der Waals surface area (Å²) in [5, 5.41) is 17.6. The summed E-state index contributed by atoms with van der Waals surface area (Å²) in [4.78, 5) is 11.8. The zero-order valence-corrected chi connectivity index (χ0v) is 19.7. The van der Waals surface area contributed by atoms with Gasteiger partial charge in [0.15, 0.2) is 0 Å². The van der Waals surface area contributed by atoms with Crippen molar-refractivity contribution in [2.75, 3.05) is 44.7 Å². The molecule has 0 radical (unpaired) electrons. The molecule has 3 heterocycles. The first-order chi connectivity index (χ1) is 16.7. The van der Waals surface area contributed by atoms with E-state index in [2.05, 4.69) is 55.5 Å². The van der Waals surface area contributed by atoms with Crippen LogP contribution in [0.1, 0.15) is 43.7 Å². The van der Waals surface area contributed by atoms with Crippen molar-refractivity contribution >= 4 is 17.0 Å². The van der Waals surface area contributed by atoms with Crippen molar-refractivity contribution in [3.8, 4) is 11.1 Å². The molecule has 1 saturated carbocycles. The van der Waals surface area contributed by atoms with Crippen molar-refractivity contribution in [2.45, 2.75) is 50.8 Å². The van der Waals surface area contributed by atoms with E-state index in [4.69, 9.17) is 4.98 Å². The zero-order valence-electron chi connectivity index (χ0n) is 19.7. The molecule has 0 amide bonds. The lowest BCUT2D eigenvalue weighted by Crippen LogP contribution is -2.42. The number of alkyl halides is 1. The molecule has 7 nitrogen and oxygen atoms in total. The minimum atomic E-state index is -0.356. The molecule has 8 heteroatoms. The van der Waals surface area contributed by atoms with Crippen LogP contribution in [0.5, 0.6) is 0 Å². The Balaban J connectivity index is 1.43. The highest BCUT2D eigenvalue weighted by Gasteiger charge is 2.24. The van der Waals surface area contributed by atoms with Gasteiger partial charge in [0.2, 0.25) is 5.95 Å². The third kappa shape index (κ3) is 5.24. The van der Waals surface area contributed by atoms with Crippen LogP contribution in [0.25, 0.3) is 22.2 Å². The Morgan fingerprint density at radius 3 is 2.59 bits per heavy atom. The van der Waals surface area contributed by atoms with Gasteiger partial charge in [0.05, 0.1) is 12.8 Å². The Morgan fingerprint density at radius 1 is 1.09 bits per heavy atom. The number of aliphatic hydroxyl groups excluding tert-OH is 1. The molecule has 3 aromatic rings. The van der Waals surface area contributed by atoms with Crippen LogP contribution in [-0.4, -0.2) is 70.0 Å². The van der Waals surface area contributed by atoms with Crippen LogP contribution in [0.4, 0.5) is 10.3 Å². The zero-order chi connectivity index (χ0) is 23.3. The molecular formula is C26H35FN6O. The van der Waals surface area contributed by atoms with Gasteiger partial charge in [-0.1, -0.05) is 24.3 Å². The molecule has 2 aromatic heterocycles. The van der Waals surface area contributed by atoms with Crippen LogP contribution in [0.3, 0.4) is 0 Å². The van der Waals surface area contributed by atoms with Gasteiger partial charge < -0.3 is 20.3 Å². The molecule has 0 unspecified atom stereocenters. The average molecular weight is 467 g/mol. The quantitative estimate of drug-likeness (QED) is 0.439. The number of benzene rings is 1. The summed E-state index contributed by atoms with van der Waals surface area (Å²) < 4.78 is 14.8. The maximum absolute atomic E-state index is 12.5. The van der Waals surface area contributed by atoms with E-state index in [0.717, 1.165) is 80.6 Å². The second kappa shape index (κ2) is 10.8. The third-order valence-corrected chi connectivity index (χ3v) is 7.11. The first kappa shape index (κ1) is 23.2. The molecule has 182 valence electrons. The SMILES string of the molecule is OC1CCC(n2cc(-c3ccc(CN4CCNCC4)cc3)c3cnc(NCCCF)nc32)CC1. The van der Waals surface area contributed by atoms with Gasteiger partial charge in [-0.05, 0) is 43.2 Å². The monoisotopic (exact) mass is 466 g/mol. The van der Waals surface area contributed by atoms with Crippen molar-refractivity contribution in [3.63, 3.8) is 0 Å². The molecule has 0 atom stereocenters. The predicted octanol–water partition coefficient (Wildman–Crippen LogP) is 3.75. The molecule has 1 aliphatic heterocycles. The standard InChI is InChI=1S/C26H35FN6O/c27-10-1-11-29-26-30-16-23-24(18-33(25(23)31-26)21-6-8-22(34)9-7-21)20-4-2-19(3-5-20)17-32-14-12-28-13-15-32/h2-5,16,18,21-22,28,34H,1,6-15,17H2,(H,29,30,31).